The Morgan fingerprint density at radius 2 is 1.74 bits per heavy atom. The molecule has 0 aromatic heterocycles. The quantitative estimate of drug-likeness (QED) is 0.924. The molecule has 2 aliphatic heterocycles. The fourth-order valence-electron chi connectivity index (χ4n) is 3.69. The zero-order valence-electron chi connectivity index (χ0n) is 14.3. The minimum Gasteiger partial charge on any atom is -0.372 e. The van der Waals surface area contributed by atoms with Gasteiger partial charge < -0.3 is 10.2 Å². The molecular weight excluding hydrogens is 286 g/mol. The summed E-state index contributed by atoms with van der Waals surface area (Å²) in [5.74, 6) is 0.101. The summed E-state index contributed by atoms with van der Waals surface area (Å²) in [7, 11) is 0. The average molecular weight is 315 g/mol. The summed E-state index contributed by atoms with van der Waals surface area (Å²) in [6.45, 7) is 6.08. The number of carbonyl (C=O) groups is 1. The van der Waals surface area contributed by atoms with Gasteiger partial charge in [-0.05, 0) is 69.8 Å². The maximum absolute atomic E-state index is 12.2. The van der Waals surface area contributed by atoms with Crippen LogP contribution in [0.3, 0.4) is 0 Å². The number of amides is 1. The number of piperidine rings is 2. The molecular formula is C19H29N3O. The lowest BCUT2D eigenvalue weighted by Gasteiger charge is -2.32. The van der Waals surface area contributed by atoms with Gasteiger partial charge in [-0.2, -0.15) is 0 Å². The molecule has 1 aromatic rings. The van der Waals surface area contributed by atoms with Gasteiger partial charge in [0.1, 0.15) is 0 Å². The van der Waals surface area contributed by atoms with Crippen molar-refractivity contribution in [2.75, 3.05) is 36.4 Å². The van der Waals surface area contributed by atoms with Crippen molar-refractivity contribution >= 4 is 17.3 Å². The van der Waals surface area contributed by atoms with Crippen molar-refractivity contribution in [3.63, 3.8) is 0 Å². The van der Waals surface area contributed by atoms with E-state index in [-0.39, 0.29) is 5.91 Å². The van der Waals surface area contributed by atoms with Gasteiger partial charge in [-0.25, -0.2) is 0 Å². The van der Waals surface area contributed by atoms with Crippen LogP contribution >= 0.6 is 0 Å². The van der Waals surface area contributed by atoms with E-state index in [1.54, 1.807) is 0 Å². The average Bonchev–Trinajstić information content (AvgIpc) is 2.58. The number of nitrogens with zero attached hydrogens (tertiary/aromatic N) is 2. The number of anilines is 2. The first kappa shape index (κ1) is 16.3. The van der Waals surface area contributed by atoms with E-state index in [0.717, 1.165) is 25.3 Å². The van der Waals surface area contributed by atoms with Crippen molar-refractivity contribution in [3.8, 4) is 0 Å². The Morgan fingerprint density at radius 1 is 1.04 bits per heavy atom. The van der Waals surface area contributed by atoms with E-state index in [1.165, 1.54) is 44.2 Å². The van der Waals surface area contributed by atoms with Gasteiger partial charge in [0.05, 0.1) is 6.54 Å². The predicted octanol–water partition coefficient (Wildman–Crippen LogP) is 3.49. The second-order valence-electron chi connectivity index (χ2n) is 6.96. The zero-order chi connectivity index (χ0) is 16.1. The first-order valence-electron chi connectivity index (χ1n) is 9.11. The Labute approximate surface area is 139 Å². The highest BCUT2D eigenvalue weighted by Crippen LogP contribution is 2.22. The summed E-state index contributed by atoms with van der Waals surface area (Å²) >= 11 is 0. The molecule has 2 heterocycles. The molecule has 126 valence electrons. The van der Waals surface area contributed by atoms with Crippen LogP contribution in [-0.4, -0.2) is 43.0 Å². The minimum atomic E-state index is 0.101. The Hall–Kier alpha value is -1.55. The highest BCUT2D eigenvalue weighted by molar-refractivity contribution is 5.92. The lowest BCUT2D eigenvalue weighted by molar-refractivity contribution is -0.118. The standard InChI is InChI=1S/C19H29N3O/c1-16-7-3-6-14-22(16)15-19(23)20-17-8-10-18(11-9-17)21-12-4-2-5-13-21/h8-11,16H,2-7,12-15H2,1H3,(H,20,23)/t16-/m0/s1. The van der Waals surface area contributed by atoms with Crippen molar-refractivity contribution < 1.29 is 4.79 Å². The lowest BCUT2D eigenvalue weighted by atomic mass is 10.0. The second-order valence-corrected chi connectivity index (χ2v) is 6.96. The molecule has 1 aromatic carbocycles. The van der Waals surface area contributed by atoms with E-state index < -0.39 is 0 Å². The molecule has 2 saturated heterocycles. The van der Waals surface area contributed by atoms with Gasteiger partial charge in [0, 0.05) is 30.5 Å². The molecule has 3 rings (SSSR count). The summed E-state index contributed by atoms with van der Waals surface area (Å²) in [6, 6.07) is 8.84. The van der Waals surface area contributed by atoms with Crippen LogP contribution in [0, 0.1) is 0 Å². The first-order chi connectivity index (χ1) is 11.2. The molecule has 4 heteroatoms. The molecule has 0 radical (unpaired) electrons. The molecule has 0 aliphatic carbocycles. The van der Waals surface area contributed by atoms with Gasteiger partial charge >= 0.3 is 0 Å². The zero-order valence-corrected chi connectivity index (χ0v) is 14.3. The lowest BCUT2D eigenvalue weighted by Crippen LogP contribution is -2.42. The number of likely N-dealkylation sites (tertiary alicyclic amines) is 1. The maximum atomic E-state index is 12.2. The van der Waals surface area contributed by atoms with Gasteiger partial charge in [0.15, 0.2) is 0 Å². The molecule has 2 fully saturated rings. The Balaban J connectivity index is 1.52. The molecule has 0 spiro atoms. The molecule has 0 saturated carbocycles. The van der Waals surface area contributed by atoms with E-state index >= 15 is 0 Å². The third kappa shape index (κ3) is 4.47. The third-order valence-corrected chi connectivity index (χ3v) is 5.16. The number of hydrogen-bond acceptors (Lipinski definition) is 3. The smallest absolute Gasteiger partial charge is 0.238 e. The summed E-state index contributed by atoms with van der Waals surface area (Å²) in [4.78, 5) is 17.0. The van der Waals surface area contributed by atoms with Crippen LogP contribution in [-0.2, 0) is 4.79 Å². The molecule has 1 N–H and O–H groups in total. The van der Waals surface area contributed by atoms with Crippen molar-refractivity contribution in [3.05, 3.63) is 24.3 Å². The number of hydrogen-bond donors (Lipinski definition) is 1. The van der Waals surface area contributed by atoms with E-state index in [9.17, 15) is 4.79 Å². The molecule has 23 heavy (non-hydrogen) atoms. The van der Waals surface area contributed by atoms with Crippen LogP contribution in [0.1, 0.15) is 45.4 Å². The molecule has 0 unspecified atom stereocenters. The monoisotopic (exact) mass is 315 g/mol. The molecule has 1 amide bonds. The Bertz CT molecular complexity index is 508. The highest BCUT2D eigenvalue weighted by atomic mass is 16.2. The van der Waals surface area contributed by atoms with E-state index in [2.05, 4.69) is 34.2 Å². The topological polar surface area (TPSA) is 35.6 Å². The van der Waals surface area contributed by atoms with E-state index in [1.807, 2.05) is 12.1 Å². The molecule has 0 bridgehead atoms. The van der Waals surface area contributed by atoms with Gasteiger partial charge in [-0.15, -0.1) is 0 Å². The number of carbonyl (C=O) groups excluding carboxylic acids is 1. The number of rotatable bonds is 4. The first-order valence-corrected chi connectivity index (χ1v) is 9.11. The normalized spacial score (nSPS) is 22.8. The molecule has 2 aliphatic rings. The minimum absolute atomic E-state index is 0.101. The van der Waals surface area contributed by atoms with Gasteiger partial charge in [0.2, 0.25) is 5.91 Å². The van der Waals surface area contributed by atoms with E-state index in [4.69, 9.17) is 0 Å². The van der Waals surface area contributed by atoms with Crippen LogP contribution in [0.15, 0.2) is 24.3 Å². The van der Waals surface area contributed by atoms with Crippen LogP contribution in [0.25, 0.3) is 0 Å². The number of nitrogens with one attached hydrogen (secondary N) is 1. The van der Waals surface area contributed by atoms with E-state index in [0.29, 0.717) is 12.6 Å². The van der Waals surface area contributed by atoms with Crippen molar-refractivity contribution in [2.24, 2.45) is 0 Å². The summed E-state index contributed by atoms with van der Waals surface area (Å²) in [5, 5.41) is 3.04. The van der Waals surface area contributed by atoms with Crippen LogP contribution in [0.2, 0.25) is 0 Å². The van der Waals surface area contributed by atoms with Crippen molar-refractivity contribution in [1.82, 2.24) is 4.90 Å². The summed E-state index contributed by atoms with van der Waals surface area (Å²) in [5.41, 5.74) is 2.17. The molecule has 4 nitrogen and oxygen atoms in total. The Kier molecular flexibility index (Phi) is 5.55. The predicted molar refractivity (Wildman–Crippen MR) is 96.0 cm³/mol. The SMILES string of the molecule is C[C@H]1CCCCN1CC(=O)Nc1ccc(N2CCCCC2)cc1. The fourth-order valence-corrected chi connectivity index (χ4v) is 3.69. The Morgan fingerprint density at radius 3 is 2.43 bits per heavy atom. The van der Waals surface area contributed by atoms with Gasteiger partial charge in [-0.1, -0.05) is 6.42 Å². The summed E-state index contributed by atoms with van der Waals surface area (Å²) in [6.07, 6.45) is 7.62. The van der Waals surface area contributed by atoms with Crippen molar-refractivity contribution in [2.45, 2.75) is 51.5 Å². The summed E-state index contributed by atoms with van der Waals surface area (Å²) < 4.78 is 0. The van der Waals surface area contributed by atoms with Gasteiger partial charge in [0.25, 0.3) is 0 Å². The maximum Gasteiger partial charge on any atom is 0.238 e. The molecule has 1 atom stereocenters. The number of benzene rings is 1. The van der Waals surface area contributed by atoms with Gasteiger partial charge in [-0.3, -0.25) is 9.69 Å². The van der Waals surface area contributed by atoms with Crippen LogP contribution in [0.5, 0.6) is 0 Å². The third-order valence-electron chi connectivity index (χ3n) is 5.16. The fraction of sp³-hybridized carbons (Fsp3) is 0.632. The largest absolute Gasteiger partial charge is 0.372 e. The van der Waals surface area contributed by atoms with Crippen LogP contribution in [0.4, 0.5) is 11.4 Å². The van der Waals surface area contributed by atoms with Crippen molar-refractivity contribution in [1.29, 1.82) is 0 Å². The second kappa shape index (κ2) is 7.82. The van der Waals surface area contributed by atoms with Crippen LogP contribution < -0.4 is 10.2 Å². The highest BCUT2D eigenvalue weighted by Gasteiger charge is 2.20.